The zero-order valence-corrected chi connectivity index (χ0v) is 20.1. The number of rotatable bonds is 7. The lowest BCUT2D eigenvalue weighted by molar-refractivity contribution is -0.133. The summed E-state index contributed by atoms with van der Waals surface area (Å²) in [5, 5.41) is 17.3. The van der Waals surface area contributed by atoms with E-state index in [1.54, 1.807) is 19.1 Å². The molecule has 35 heavy (non-hydrogen) atoms. The van der Waals surface area contributed by atoms with E-state index in [0.717, 1.165) is 22.5 Å². The number of likely N-dealkylation sites (tertiary alicyclic amines) is 1. The Kier molecular flexibility index (Phi) is 6.12. The summed E-state index contributed by atoms with van der Waals surface area (Å²) >= 11 is 0. The van der Waals surface area contributed by atoms with Crippen molar-refractivity contribution < 1.29 is 23.1 Å². The molecule has 2 atom stereocenters. The molecule has 0 spiro atoms. The summed E-state index contributed by atoms with van der Waals surface area (Å²) < 4.78 is 30.3. The van der Waals surface area contributed by atoms with Crippen molar-refractivity contribution in [3.05, 3.63) is 77.9 Å². The van der Waals surface area contributed by atoms with Crippen molar-refractivity contribution in [2.24, 2.45) is 0 Å². The van der Waals surface area contributed by atoms with Crippen molar-refractivity contribution in [1.29, 1.82) is 0 Å². The number of carbonyl (C=O) groups is 1. The summed E-state index contributed by atoms with van der Waals surface area (Å²) in [7, 11) is -3.29. The molecule has 0 bridgehead atoms. The summed E-state index contributed by atoms with van der Waals surface area (Å²) in [6.45, 7) is 1.85. The van der Waals surface area contributed by atoms with E-state index < -0.39 is 16.1 Å². The minimum Gasteiger partial charge on any atom is -0.457 e. The van der Waals surface area contributed by atoms with Crippen molar-refractivity contribution >= 4 is 27.1 Å². The Morgan fingerprint density at radius 2 is 1.77 bits per heavy atom. The molecule has 0 aromatic heterocycles. The van der Waals surface area contributed by atoms with Gasteiger partial charge in [-0.3, -0.25) is 4.79 Å². The van der Waals surface area contributed by atoms with Crippen molar-refractivity contribution in [1.82, 2.24) is 4.90 Å². The van der Waals surface area contributed by atoms with Gasteiger partial charge >= 0.3 is 0 Å². The van der Waals surface area contributed by atoms with Gasteiger partial charge in [-0.2, -0.15) is 0 Å². The largest absolute Gasteiger partial charge is 0.457 e. The number of carbonyl (C=O) groups excluding carboxylic acids is 1. The fourth-order valence-electron chi connectivity index (χ4n) is 4.40. The Hall–Kier alpha value is -3.56. The van der Waals surface area contributed by atoms with Crippen molar-refractivity contribution in [3.63, 3.8) is 0 Å². The van der Waals surface area contributed by atoms with E-state index in [0.29, 0.717) is 24.3 Å². The van der Waals surface area contributed by atoms with Gasteiger partial charge in [-0.25, -0.2) is 8.42 Å². The number of sulfone groups is 1. The highest BCUT2D eigenvalue weighted by Gasteiger charge is 2.32. The molecule has 2 unspecified atom stereocenters. The van der Waals surface area contributed by atoms with Gasteiger partial charge in [0.25, 0.3) is 0 Å². The lowest BCUT2D eigenvalue weighted by Crippen LogP contribution is -2.32. The summed E-state index contributed by atoms with van der Waals surface area (Å²) in [4.78, 5) is 14.1. The van der Waals surface area contributed by atoms with Crippen LogP contribution in [0.15, 0.2) is 71.6 Å². The van der Waals surface area contributed by atoms with E-state index in [-0.39, 0.29) is 29.3 Å². The second-order valence-corrected chi connectivity index (χ2v) is 10.9. The molecular formula is C26H27N3O5S. The van der Waals surface area contributed by atoms with Gasteiger partial charge in [-0.15, -0.1) is 0 Å². The molecule has 1 fully saturated rings. The maximum Gasteiger partial charge on any atom is 0.225 e. The van der Waals surface area contributed by atoms with E-state index >= 15 is 0 Å². The van der Waals surface area contributed by atoms with Gasteiger partial charge in [-0.1, -0.05) is 37.3 Å². The number of aliphatic hydroxyl groups is 1. The number of anilines is 2. The number of benzene rings is 3. The molecule has 1 amide bonds. The number of ether oxygens (including phenoxy) is 1. The second kappa shape index (κ2) is 9.24. The third-order valence-electron chi connectivity index (χ3n) is 6.35. The van der Waals surface area contributed by atoms with Crippen LogP contribution >= 0.6 is 0 Å². The van der Waals surface area contributed by atoms with Crippen LogP contribution in [0.5, 0.6) is 11.5 Å². The van der Waals surface area contributed by atoms with Crippen LogP contribution in [-0.2, 0) is 21.2 Å². The fourth-order valence-corrected chi connectivity index (χ4v) is 5.29. The standard InChI is InChI=1S/C26H27N3O5S/c1-2-35(32,33)21-10-8-19(9-11-21)34-20-14-18(16-29-23(30)12-13-24(29)31)25-22(15-20)27-26(28-25)17-6-4-3-5-7-17/h3-11,14-15,23,26-28,30H,2,12-13,16H2,1H3. The minimum absolute atomic E-state index is 0.0315. The minimum atomic E-state index is -3.29. The van der Waals surface area contributed by atoms with Gasteiger partial charge in [0, 0.05) is 24.5 Å². The zero-order valence-electron chi connectivity index (χ0n) is 19.3. The molecular weight excluding hydrogens is 466 g/mol. The quantitative estimate of drug-likeness (QED) is 0.452. The molecule has 0 radical (unpaired) electrons. The molecule has 0 saturated carbocycles. The Morgan fingerprint density at radius 3 is 2.43 bits per heavy atom. The number of amides is 1. The van der Waals surface area contributed by atoms with E-state index in [2.05, 4.69) is 10.6 Å². The lowest BCUT2D eigenvalue weighted by Gasteiger charge is -2.22. The molecule has 1 saturated heterocycles. The van der Waals surface area contributed by atoms with Crippen molar-refractivity contribution in [2.45, 2.75) is 43.6 Å². The van der Waals surface area contributed by atoms with Gasteiger partial charge in [0.05, 0.1) is 28.6 Å². The number of hydrogen-bond donors (Lipinski definition) is 3. The molecule has 2 aliphatic rings. The van der Waals surface area contributed by atoms with E-state index in [9.17, 15) is 18.3 Å². The molecule has 2 aliphatic heterocycles. The molecule has 0 aliphatic carbocycles. The molecule has 182 valence electrons. The first kappa shape index (κ1) is 23.2. The average molecular weight is 494 g/mol. The molecule has 3 aromatic rings. The SMILES string of the molecule is CCS(=O)(=O)c1ccc(Oc2cc(CN3C(=O)CCC3O)c3c(c2)NC(c2ccccc2)N3)cc1. The zero-order chi connectivity index (χ0) is 24.6. The topological polar surface area (TPSA) is 108 Å². The molecule has 9 heteroatoms. The van der Waals surface area contributed by atoms with Gasteiger partial charge in [0.1, 0.15) is 23.9 Å². The van der Waals surface area contributed by atoms with E-state index in [4.69, 9.17) is 4.74 Å². The third kappa shape index (κ3) is 4.69. The first-order valence-electron chi connectivity index (χ1n) is 11.6. The third-order valence-corrected chi connectivity index (χ3v) is 8.10. The predicted molar refractivity (Wildman–Crippen MR) is 133 cm³/mol. The monoisotopic (exact) mass is 493 g/mol. The van der Waals surface area contributed by atoms with Gasteiger partial charge in [-0.05, 0) is 35.9 Å². The summed E-state index contributed by atoms with van der Waals surface area (Å²) in [5.74, 6) is 0.975. The van der Waals surface area contributed by atoms with Crippen LogP contribution in [0.25, 0.3) is 0 Å². The highest BCUT2D eigenvalue weighted by molar-refractivity contribution is 7.91. The average Bonchev–Trinajstić information content (AvgIpc) is 3.44. The molecule has 5 rings (SSSR count). The van der Waals surface area contributed by atoms with Crippen molar-refractivity contribution in [2.75, 3.05) is 16.4 Å². The number of nitrogens with zero attached hydrogens (tertiary/aromatic N) is 1. The van der Waals surface area contributed by atoms with Crippen LogP contribution in [0.4, 0.5) is 11.4 Å². The van der Waals surface area contributed by atoms with Gasteiger partial charge in [0.2, 0.25) is 5.91 Å². The van der Waals surface area contributed by atoms with E-state index in [1.807, 2.05) is 42.5 Å². The number of nitrogens with one attached hydrogen (secondary N) is 2. The normalized spacial score (nSPS) is 19.3. The fraction of sp³-hybridized carbons (Fsp3) is 0.269. The number of hydrogen-bond acceptors (Lipinski definition) is 7. The van der Waals surface area contributed by atoms with Crippen molar-refractivity contribution in [3.8, 4) is 11.5 Å². The second-order valence-electron chi connectivity index (χ2n) is 8.66. The predicted octanol–water partition coefficient (Wildman–Crippen LogP) is 4.25. The first-order valence-corrected chi connectivity index (χ1v) is 13.2. The molecule has 3 N–H and O–H groups in total. The smallest absolute Gasteiger partial charge is 0.225 e. The van der Waals surface area contributed by atoms with Crippen LogP contribution in [0.3, 0.4) is 0 Å². The Balaban J connectivity index is 1.46. The highest BCUT2D eigenvalue weighted by Crippen LogP contribution is 2.42. The first-order chi connectivity index (χ1) is 16.8. The van der Waals surface area contributed by atoms with Crippen LogP contribution in [0.1, 0.15) is 37.1 Å². The van der Waals surface area contributed by atoms with Crippen LogP contribution in [-0.4, -0.2) is 36.3 Å². The maximum absolute atomic E-state index is 12.3. The van der Waals surface area contributed by atoms with Crippen LogP contribution < -0.4 is 15.4 Å². The summed E-state index contributed by atoms with van der Waals surface area (Å²) in [6, 6.07) is 20.0. The van der Waals surface area contributed by atoms with E-state index in [1.165, 1.54) is 17.0 Å². The summed E-state index contributed by atoms with van der Waals surface area (Å²) in [6.07, 6.45) is -0.221. The van der Waals surface area contributed by atoms with Crippen LogP contribution in [0.2, 0.25) is 0 Å². The Morgan fingerprint density at radius 1 is 1.03 bits per heavy atom. The van der Waals surface area contributed by atoms with Crippen LogP contribution in [0, 0.1) is 0 Å². The maximum atomic E-state index is 12.3. The molecule has 2 heterocycles. The Bertz CT molecular complexity index is 1340. The highest BCUT2D eigenvalue weighted by atomic mass is 32.2. The molecule has 8 nitrogen and oxygen atoms in total. The lowest BCUT2D eigenvalue weighted by atomic mass is 10.1. The Labute approximate surface area is 204 Å². The number of fused-ring (bicyclic) bond motifs is 1. The number of aliphatic hydroxyl groups excluding tert-OH is 1. The summed E-state index contributed by atoms with van der Waals surface area (Å²) in [5.41, 5.74) is 3.53. The van der Waals surface area contributed by atoms with Gasteiger partial charge in [0.15, 0.2) is 9.84 Å². The molecule has 3 aromatic carbocycles. The van der Waals surface area contributed by atoms with Gasteiger partial charge < -0.3 is 25.4 Å².